The fraction of sp³-hybridized carbons (Fsp3) is 0.857. The summed E-state index contributed by atoms with van der Waals surface area (Å²) in [6, 6.07) is 0. The zero-order valence-corrected chi connectivity index (χ0v) is 9.36. The summed E-state index contributed by atoms with van der Waals surface area (Å²) in [5.41, 5.74) is -1.67. The van der Waals surface area contributed by atoms with E-state index in [4.69, 9.17) is 5.11 Å². The molecular weight excluding hydrogens is 265 g/mol. The molecule has 0 aliphatic heterocycles. The third-order valence-corrected chi connectivity index (χ3v) is 3.59. The molecule has 0 aromatic carbocycles. The topological polar surface area (TPSA) is 95.5 Å². The van der Waals surface area contributed by atoms with Gasteiger partial charge >= 0.3 is 12.1 Å². The van der Waals surface area contributed by atoms with E-state index in [9.17, 15) is 26.4 Å². The Kier molecular flexibility index (Phi) is 3.69. The average Bonchev–Trinajstić information content (AvgIpc) is 2.07. The van der Waals surface area contributed by atoms with E-state index in [0.29, 0.717) is 6.42 Å². The lowest BCUT2D eigenvalue weighted by Crippen LogP contribution is -2.61. The second-order valence-electron chi connectivity index (χ2n) is 3.78. The highest BCUT2D eigenvalue weighted by molar-refractivity contribution is 7.87. The van der Waals surface area contributed by atoms with Crippen LogP contribution in [0.1, 0.15) is 19.3 Å². The Morgan fingerprint density at radius 2 is 1.88 bits per heavy atom. The summed E-state index contributed by atoms with van der Waals surface area (Å²) in [6.45, 7) is -1.74. The first kappa shape index (κ1) is 14.2. The number of halogens is 3. The molecule has 1 aliphatic rings. The third kappa shape index (κ3) is 3.82. The Hall–Kier alpha value is -0.870. The number of aliphatic carboxylic acids is 1. The molecule has 0 unspecified atom stereocenters. The van der Waals surface area contributed by atoms with Crippen LogP contribution in [0.4, 0.5) is 13.2 Å². The van der Waals surface area contributed by atoms with Crippen molar-refractivity contribution in [3.05, 3.63) is 0 Å². The van der Waals surface area contributed by atoms with Crippen molar-refractivity contribution < 1.29 is 31.5 Å². The van der Waals surface area contributed by atoms with E-state index in [-0.39, 0.29) is 12.8 Å². The van der Waals surface area contributed by atoms with Gasteiger partial charge < -0.3 is 5.11 Å². The molecule has 100 valence electrons. The fourth-order valence-corrected chi connectivity index (χ4v) is 2.59. The molecule has 0 radical (unpaired) electrons. The monoisotopic (exact) mass is 276 g/mol. The maximum absolute atomic E-state index is 11.8. The molecule has 0 aromatic heterocycles. The third-order valence-electron chi connectivity index (χ3n) is 2.41. The van der Waals surface area contributed by atoms with Crippen LogP contribution in [0.3, 0.4) is 0 Å². The molecule has 0 bridgehead atoms. The lowest BCUT2D eigenvalue weighted by Gasteiger charge is -2.37. The van der Waals surface area contributed by atoms with Crippen LogP contribution in [0.15, 0.2) is 0 Å². The number of carbonyl (C=O) groups is 1. The Labute approximate surface area is 95.4 Å². The van der Waals surface area contributed by atoms with Crippen LogP contribution in [-0.2, 0) is 15.0 Å². The summed E-state index contributed by atoms with van der Waals surface area (Å²) in [6.07, 6.45) is -4.05. The molecule has 1 rings (SSSR count). The van der Waals surface area contributed by atoms with Gasteiger partial charge in [0.1, 0.15) is 12.1 Å². The summed E-state index contributed by atoms with van der Waals surface area (Å²) in [5.74, 6) is -1.39. The van der Waals surface area contributed by atoms with Crippen molar-refractivity contribution >= 4 is 16.2 Å². The van der Waals surface area contributed by atoms with Crippen molar-refractivity contribution in [3.8, 4) is 0 Å². The summed E-state index contributed by atoms with van der Waals surface area (Å²) in [4.78, 5) is 10.8. The van der Waals surface area contributed by atoms with Crippen molar-refractivity contribution in [2.24, 2.45) is 0 Å². The maximum Gasteiger partial charge on any atom is 0.402 e. The first-order valence-electron chi connectivity index (χ1n) is 4.65. The number of rotatable bonds is 5. The predicted molar refractivity (Wildman–Crippen MR) is 50.3 cm³/mol. The van der Waals surface area contributed by atoms with Crippen LogP contribution in [-0.4, -0.2) is 37.8 Å². The minimum Gasteiger partial charge on any atom is -0.480 e. The maximum atomic E-state index is 11.8. The molecule has 17 heavy (non-hydrogen) atoms. The Bertz CT molecular complexity index is 402. The van der Waals surface area contributed by atoms with Crippen LogP contribution >= 0.6 is 0 Å². The van der Waals surface area contributed by atoms with E-state index >= 15 is 0 Å². The predicted octanol–water partition coefficient (Wildman–Crippen LogP) is -0.0200. The zero-order chi connectivity index (χ0) is 13.3. The second-order valence-corrected chi connectivity index (χ2v) is 5.28. The van der Waals surface area contributed by atoms with Gasteiger partial charge in [-0.05, 0) is 19.3 Å². The summed E-state index contributed by atoms with van der Waals surface area (Å²) in [5, 5.41) is 8.80. The van der Waals surface area contributed by atoms with Gasteiger partial charge in [-0.15, -0.1) is 0 Å². The molecule has 0 spiro atoms. The highest BCUT2D eigenvalue weighted by Gasteiger charge is 2.47. The SMILES string of the molecule is O=C(O)C1(NS(=O)(=O)NCC(F)(F)F)CCC1. The number of hydrogen-bond acceptors (Lipinski definition) is 3. The minimum absolute atomic E-state index is 0.0647. The highest BCUT2D eigenvalue weighted by Crippen LogP contribution is 2.32. The smallest absolute Gasteiger partial charge is 0.402 e. The molecule has 1 fully saturated rings. The first-order valence-corrected chi connectivity index (χ1v) is 6.13. The largest absolute Gasteiger partial charge is 0.480 e. The van der Waals surface area contributed by atoms with Crippen LogP contribution in [0.2, 0.25) is 0 Å². The summed E-state index contributed by atoms with van der Waals surface area (Å²) >= 11 is 0. The van der Waals surface area contributed by atoms with Crippen molar-refractivity contribution in [2.45, 2.75) is 31.0 Å². The molecular formula is C7H11F3N2O4S. The average molecular weight is 276 g/mol. The Balaban J connectivity index is 2.63. The number of alkyl halides is 3. The van der Waals surface area contributed by atoms with Gasteiger partial charge in [-0.2, -0.15) is 31.0 Å². The zero-order valence-electron chi connectivity index (χ0n) is 8.54. The van der Waals surface area contributed by atoms with E-state index in [1.165, 1.54) is 4.72 Å². The van der Waals surface area contributed by atoms with Gasteiger partial charge in [0.25, 0.3) is 10.2 Å². The normalized spacial score (nSPS) is 19.7. The van der Waals surface area contributed by atoms with Crippen LogP contribution in [0.5, 0.6) is 0 Å². The van der Waals surface area contributed by atoms with Gasteiger partial charge in [0, 0.05) is 0 Å². The van der Waals surface area contributed by atoms with E-state index in [2.05, 4.69) is 0 Å². The minimum atomic E-state index is -4.69. The van der Waals surface area contributed by atoms with Gasteiger partial charge in [0.2, 0.25) is 0 Å². The quantitative estimate of drug-likeness (QED) is 0.657. The fourth-order valence-electron chi connectivity index (χ4n) is 1.36. The number of nitrogens with one attached hydrogen (secondary N) is 2. The van der Waals surface area contributed by atoms with Crippen molar-refractivity contribution in [3.63, 3.8) is 0 Å². The van der Waals surface area contributed by atoms with Crippen molar-refractivity contribution in [1.29, 1.82) is 0 Å². The Morgan fingerprint density at radius 3 is 2.18 bits per heavy atom. The molecule has 6 nitrogen and oxygen atoms in total. The summed E-state index contributed by atoms with van der Waals surface area (Å²) in [7, 11) is -4.48. The van der Waals surface area contributed by atoms with Gasteiger partial charge in [0.05, 0.1) is 0 Å². The van der Waals surface area contributed by atoms with Crippen LogP contribution in [0, 0.1) is 0 Å². The van der Waals surface area contributed by atoms with Gasteiger partial charge in [0.15, 0.2) is 0 Å². The van der Waals surface area contributed by atoms with Crippen molar-refractivity contribution in [1.82, 2.24) is 9.44 Å². The molecule has 3 N–H and O–H groups in total. The Morgan fingerprint density at radius 1 is 1.35 bits per heavy atom. The van der Waals surface area contributed by atoms with E-state index < -0.39 is 34.4 Å². The van der Waals surface area contributed by atoms with E-state index in [0.717, 1.165) is 0 Å². The molecule has 0 amide bonds. The molecule has 0 heterocycles. The molecule has 1 aliphatic carbocycles. The molecule has 0 aromatic rings. The number of carboxylic acids is 1. The molecule has 1 saturated carbocycles. The number of hydrogen-bond donors (Lipinski definition) is 3. The second kappa shape index (κ2) is 4.42. The van der Waals surface area contributed by atoms with Crippen LogP contribution in [0.25, 0.3) is 0 Å². The number of carboxylic acid groups (broad SMARTS) is 1. The molecule has 10 heteroatoms. The standard InChI is InChI=1S/C7H11F3N2O4S/c8-7(9,10)4-11-17(15,16)12-6(5(13)14)2-1-3-6/h11-12H,1-4H2,(H,13,14). The summed E-state index contributed by atoms with van der Waals surface area (Å²) < 4.78 is 60.8. The van der Waals surface area contributed by atoms with E-state index in [1.54, 1.807) is 4.72 Å². The lowest BCUT2D eigenvalue weighted by atomic mass is 9.78. The molecule has 0 atom stereocenters. The van der Waals surface area contributed by atoms with Gasteiger partial charge in [-0.3, -0.25) is 4.79 Å². The van der Waals surface area contributed by atoms with Gasteiger partial charge in [-0.25, -0.2) is 0 Å². The van der Waals surface area contributed by atoms with Crippen LogP contribution < -0.4 is 9.44 Å². The van der Waals surface area contributed by atoms with Crippen molar-refractivity contribution in [2.75, 3.05) is 6.54 Å². The lowest BCUT2D eigenvalue weighted by molar-refractivity contribution is -0.147. The highest BCUT2D eigenvalue weighted by atomic mass is 32.2. The first-order chi connectivity index (χ1) is 7.56. The van der Waals surface area contributed by atoms with E-state index in [1.807, 2.05) is 0 Å². The van der Waals surface area contributed by atoms with Gasteiger partial charge in [-0.1, -0.05) is 0 Å². The molecule has 0 saturated heterocycles.